The minimum atomic E-state index is -0.401. The standard InChI is InChI=1S/C24H23N5O3S/c1-4-32-23(31)21-15-26-29(16(21)2)19-9-5-17(6-10-19)22(30)27-18-7-11-20(12-8-18)33-24-25-13-14-28(24)3/h5-15H,4H2,1-3H3,(H,27,30). The second-order valence-electron chi connectivity index (χ2n) is 7.22. The minimum Gasteiger partial charge on any atom is -0.462 e. The summed E-state index contributed by atoms with van der Waals surface area (Å²) in [6.45, 7) is 3.87. The van der Waals surface area contributed by atoms with Crippen molar-refractivity contribution in [1.29, 1.82) is 0 Å². The number of amides is 1. The number of rotatable bonds is 7. The number of aromatic nitrogens is 4. The van der Waals surface area contributed by atoms with Crippen molar-refractivity contribution in [3.05, 3.63) is 83.9 Å². The molecule has 0 spiro atoms. The van der Waals surface area contributed by atoms with Crippen LogP contribution in [0.2, 0.25) is 0 Å². The summed E-state index contributed by atoms with van der Waals surface area (Å²) in [5.74, 6) is -0.614. The monoisotopic (exact) mass is 461 g/mol. The Hall–Kier alpha value is -3.85. The molecular weight excluding hydrogens is 438 g/mol. The fourth-order valence-electron chi connectivity index (χ4n) is 3.20. The van der Waals surface area contributed by atoms with Gasteiger partial charge in [-0.05, 0) is 62.4 Å². The van der Waals surface area contributed by atoms with Gasteiger partial charge < -0.3 is 14.6 Å². The Morgan fingerprint density at radius 3 is 2.45 bits per heavy atom. The third-order valence-corrected chi connectivity index (χ3v) is 6.06. The summed E-state index contributed by atoms with van der Waals surface area (Å²) >= 11 is 1.55. The first-order valence-corrected chi connectivity index (χ1v) is 11.2. The molecule has 1 N–H and O–H groups in total. The second kappa shape index (κ2) is 9.74. The highest BCUT2D eigenvalue weighted by Crippen LogP contribution is 2.27. The van der Waals surface area contributed by atoms with E-state index in [0.29, 0.717) is 29.1 Å². The lowest BCUT2D eigenvalue weighted by atomic mass is 10.2. The molecule has 8 nitrogen and oxygen atoms in total. The van der Waals surface area contributed by atoms with Crippen LogP contribution in [-0.4, -0.2) is 37.8 Å². The maximum absolute atomic E-state index is 12.7. The molecule has 0 unspecified atom stereocenters. The molecule has 0 saturated heterocycles. The van der Waals surface area contributed by atoms with Crippen LogP contribution in [0.25, 0.3) is 5.69 Å². The number of ether oxygens (including phenoxy) is 1. The van der Waals surface area contributed by atoms with E-state index >= 15 is 0 Å². The van der Waals surface area contributed by atoms with Gasteiger partial charge in [-0.25, -0.2) is 14.5 Å². The van der Waals surface area contributed by atoms with E-state index in [4.69, 9.17) is 4.74 Å². The molecule has 0 aliphatic rings. The van der Waals surface area contributed by atoms with Gasteiger partial charge in [0.2, 0.25) is 0 Å². The molecule has 168 valence electrons. The Kier molecular flexibility index (Phi) is 6.60. The molecule has 0 saturated carbocycles. The van der Waals surface area contributed by atoms with E-state index in [-0.39, 0.29) is 5.91 Å². The van der Waals surface area contributed by atoms with Crippen molar-refractivity contribution in [1.82, 2.24) is 19.3 Å². The molecule has 9 heteroatoms. The minimum absolute atomic E-state index is 0.213. The number of anilines is 1. The summed E-state index contributed by atoms with van der Waals surface area (Å²) in [7, 11) is 1.95. The Bertz CT molecular complexity index is 1280. The molecule has 0 aliphatic carbocycles. The first kappa shape index (κ1) is 22.3. The summed E-state index contributed by atoms with van der Waals surface area (Å²) in [6.07, 6.45) is 5.15. The lowest BCUT2D eigenvalue weighted by molar-refractivity contribution is 0.0525. The predicted octanol–water partition coefficient (Wildman–Crippen LogP) is 4.49. The molecule has 0 bridgehead atoms. The number of nitrogens with one attached hydrogen (secondary N) is 1. The maximum atomic E-state index is 12.7. The molecular formula is C24H23N5O3S. The van der Waals surface area contributed by atoms with E-state index in [2.05, 4.69) is 15.4 Å². The van der Waals surface area contributed by atoms with E-state index in [1.54, 1.807) is 60.8 Å². The third kappa shape index (κ3) is 4.98. The molecule has 33 heavy (non-hydrogen) atoms. The number of nitrogens with zero attached hydrogens (tertiary/aromatic N) is 4. The zero-order valence-corrected chi connectivity index (χ0v) is 19.3. The second-order valence-corrected chi connectivity index (χ2v) is 8.26. The van der Waals surface area contributed by atoms with Crippen LogP contribution < -0.4 is 5.32 Å². The molecule has 0 atom stereocenters. The Balaban J connectivity index is 1.42. The molecule has 2 aromatic heterocycles. The van der Waals surface area contributed by atoms with Crippen molar-refractivity contribution in [2.75, 3.05) is 11.9 Å². The van der Waals surface area contributed by atoms with Crippen LogP contribution in [-0.2, 0) is 11.8 Å². The average molecular weight is 462 g/mol. The topological polar surface area (TPSA) is 91.0 Å². The predicted molar refractivity (Wildman–Crippen MR) is 126 cm³/mol. The third-order valence-electron chi connectivity index (χ3n) is 4.98. The summed E-state index contributed by atoms with van der Waals surface area (Å²) in [5.41, 5.74) is 3.06. The first-order chi connectivity index (χ1) is 16.0. The Morgan fingerprint density at radius 1 is 1.09 bits per heavy atom. The van der Waals surface area contributed by atoms with Crippen molar-refractivity contribution in [3.8, 4) is 5.69 Å². The maximum Gasteiger partial charge on any atom is 0.341 e. The fourth-order valence-corrected chi connectivity index (χ4v) is 4.00. The van der Waals surface area contributed by atoms with Crippen molar-refractivity contribution >= 4 is 29.3 Å². The van der Waals surface area contributed by atoms with Gasteiger partial charge in [-0.2, -0.15) is 5.10 Å². The highest BCUT2D eigenvalue weighted by molar-refractivity contribution is 7.99. The van der Waals surface area contributed by atoms with Crippen molar-refractivity contribution in [3.63, 3.8) is 0 Å². The van der Waals surface area contributed by atoms with Crippen LogP contribution >= 0.6 is 11.8 Å². The van der Waals surface area contributed by atoms with E-state index in [0.717, 1.165) is 15.7 Å². The fraction of sp³-hybridized carbons (Fsp3) is 0.167. The molecule has 0 fully saturated rings. The molecule has 1 amide bonds. The summed E-state index contributed by atoms with van der Waals surface area (Å²) < 4.78 is 8.65. The van der Waals surface area contributed by atoms with Crippen molar-refractivity contribution < 1.29 is 14.3 Å². The van der Waals surface area contributed by atoms with Crippen molar-refractivity contribution in [2.45, 2.75) is 23.9 Å². The first-order valence-electron chi connectivity index (χ1n) is 10.3. The number of benzene rings is 2. The van der Waals surface area contributed by atoms with Gasteiger partial charge in [0.1, 0.15) is 5.56 Å². The van der Waals surface area contributed by atoms with E-state index in [1.165, 1.54) is 6.20 Å². The van der Waals surface area contributed by atoms with Crippen LogP contribution in [0, 0.1) is 6.92 Å². The van der Waals surface area contributed by atoms with Crippen molar-refractivity contribution in [2.24, 2.45) is 7.05 Å². The summed E-state index contributed by atoms with van der Waals surface area (Å²) in [4.78, 5) is 30.0. The Labute approximate surface area is 195 Å². The number of aryl methyl sites for hydroxylation is 1. The normalized spacial score (nSPS) is 10.8. The highest BCUT2D eigenvalue weighted by atomic mass is 32.2. The van der Waals surface area contributed by atoms with Gasteiger partial charge in [0.15, 0.2) is 5.16 Å². The molecule has 0 aliphatic heterocycles. The lowest BCUT2D eigenvalue weighted by Gasteiger charge is -2.09. The van der Waals surface area contributed by atoms with Crippen LogP contribution in [0.3, 0.4) is 0 Å². The van der Waals surface area contributed by atoms with Gasteiger partial charge >= 0.3 is 5.97 Å². The van der Waals surface area contributed by atoms with Crippen LogP contribution in [0.15, 0.2) is 77.2 Å². The lowest BCUT2D eigenvalue weighted by Crippen LogP contribution is -2.12. The van der Waals surface area contributed by atoms with E-state index in [9.17, 15) is 9.59 Å². The molecule has 4 rings (SSSR count). The smallest absolute Gasteiger partial charge is 0.341 e. The van der Waals surface area contributed by atoms with Gasteiger partial charge in [-0.15, -0.1) is 0 Å². The van der Waals surface area contributed by atoms with E-state index < -0.39 is 5.97 Å². The number of hydrogen-bond acceptors (Lipinski definition) is 6. The summed E-state index contributed by atoms with van der Waals surface area (Å²) in [6, 6.07) is 14.6. The van der Waals surface area contributed by atoms with Gasteiger partial charge in [0.05, 0.1) is 24.2 Å². The molecule has 4 aromatic rings. The highest BCUT2D eigenvalue weighted by Gasteiger charge is 2.16. The number of carbonyl (C=O) groups is 2. The van der Waals surface area contributed by atoms with Gasteiger partial charge in [-0.1, -0.05) is 11.8 Å². The van der Waals surface area contributed by atoms with Crippen LogP contribution in [0.5, 0.6) is 0 Å². The largest absolute Gasteiger partial charge is 0.462 e. The number of esters is 1. The number of imidazole rings is 1. The van der Waals surface area contributed by atoms with E-state index in [1.807, 2.05) is 42.1 Å². The zero-order chi connectivity index (χ0) is 23.4. The van der Waals surface area contributed by atoms with Gasteiger partial charge in [0.25, 0.3) is 5.91 Å². The summed E-state index contributed by atoms with van der Waals surface area (Å²) in [5, 5.41) is 8.08. The quantitative estimate of drug-likeness (QED) is 0.408. The number of hydrogen-bond donors (Lipinski definition) is 1. The molecule has 2 heterocycles. The van der Waals surface area contributed by atoms with Gasteiger partial charge in [-0.3, -0.25) is 4.79 Å². The zero-order valence-electron chi connectivity index (χ0n) is 18.5. The SMILES string of the molecule is CCOC(=O)c1cnn(-c2ccc(C(=O)Nc3ccc(Sc4nccn4C)cc3)cc2)c1C. The van der Waals surface area contributed by atoms with Crippen LogP contribution in [0.1, 0.15) is 33.3 Å². The average Bonchev–Trinajstić information content (AvgIpc) is 3.40. The molecule has 0 radical (unpaired) electrons. The van der Waals surface area contributed by atoms with Gasteiger partial charge in [0, 0.05) is 35.6 Å². The molecule has 2 aromatic carbocycles. The Morgan fingerprint density at radius 2 is 1.82 bits per heavy atom. The number of carbonyl (C=O) groups excluding carboxylic acids is 2. The van der Waals surface area contributed by atoms with Crippen LogP contribution in [0.4, 0.5) is 5.69 Å².